The van der Waals surface area contributed by atoms with Gasteiger partial charge in [0.05, 0.1) is 6.61 Å². The van der Waals surface area contributed by atoms with Gasteiger partial charge in [0.1, 0.15) is 5.67 Å². The van der Waals surface area contributed by atoms with Gasteiger partial charge in [-0.3, -0.25) is 4.79 Å². The number of likely N-dealkylation sites (tertiary alicyclic amines) is 2. The summed E-state index contributed by atoms with van der Waals surface area (Å²) in [7, 11) is 0. The molecule has 0 saturated carbocycles. The van der Waals surface area contributed by atoms with E-state index in [-0.39, 0.29) is 12.0 Å². The van der Waals surface area contributed by atoms with Crippen molar-refractivity contribution in [2.75, 3.05) is 32.8 Å². The fourth-order valence-electron chi connectivity index (χ4n) is 3.46. The van der Waals surface area contributed by atoms with E-state index in [1.807, 2.05) is 0 Å². The molecule has 2 aliphatic heterocycles. The van der Waals surface area contributed by atoms with Gasteiger partial charge in [0.25, 0.3) is 0 Å². The third-order valence-corrected chi connectivity index (χ3v) is 5.39. The molecule has 0 aromatic heterocycles. The van der Waals surface area contributed by atoms with Gasteiger partial charge in [0, 0.05) is 33.1 Å². The first-order valence-electron chi connectivity index (χ1n) is 9.26. The third-order valence-electron chi connectivity index (χ3n) is 5.39. The molecule has 138 valence electrons. The number of carbonyl (C=O) groups excluding carboxylic acids is 2. The SMILES string of the molecule is CC(=O)N1CCC(F)(CCCCOC(=O)N2CCC(C)CC2)CC1. The van der Waals surface area contributed by atoms with E-state index in [0.29, 0.717) is 57.7 Å². The molecule has 0 aliphatic carbocycles. The first-order valence-corrected chi connectivity index (χ1v) is 9.26. The Hall–Kier alpha value is -1.33. The summed E-state index contributed by atoms with van der Waals surface area (Å²) in [4.78, 5) is 26.7. The van der Waals surface area contributed by atoms with Crippen molar-refractivity contribution in [2.45, 2.75) is 64.5 Å². The highest BCUT2D eigenvalue weighted by Gasteiger charge is 2.34. The predicted molar refractivity (Wildman–Crippen MR) is 90.5 cm³/mol. The Balaban J connectivity index is 1.56. The summed E-state index contributed by atoms with van der Waals surface area (Å²) < 4.78 is 20.0. The van der Waals surface area contributed by atoms with Crippen LogP contribution in [0.1, 0.15) is 58.8 Å². The number of amides is 2. The minimum absolute atomic E-state index is 0.0241. The molecule has 0 N–H and O–H groups in total. The van der Waals surface area contributed by atoms with Crippen LogP contribution in [0.15, 0.2) is 0 Å². The van der Waals surface area contributed by atoms with Crippen LogP contribution in [0.25, 0.3) is 0 Å². The molecule has 0 bridgehead atoms. The van der Waals surface area contributed by atoms with Gasteiger partial charge >= 0.3 is 6.09 Å². The number of piperidine rings is 2. The molecule has 0 radical (unpaired) electrons. The lowest BCUT2D eigenvalue weighted by Crippen LogP contribution is -2.43. The summed E-state index contributed by atoms with van der Waals surface area (Å²) in [5.74, 6) is 0.709. The number of nitrogens with zero attached hydrogens (tertiary/aromatic N) is 2. The lowest BCUT2D eigenvalue weighted by molar-refractivity contribution is -0.131. The molecule has 2 rings (SSSR count). The fourth-order valence-corrected chi connectivity index (χ4v) is 3.46. The van der Waals surface area contributed by atoms with Crippen LogP contribution in [0, 0.1) is 5.92 Å². The van der Waals surface area contributed by atoms with E-state index in [4.69, 9.17) is 4.74 Å². The van der Waals surface area contributed by atoms with Crippen LogP contribution in [-0.2, 0) is 9.53 Å². The zero-order chi connectivity index (χ0) is 17.6. The molecule has 24 heavy (non-hydrogen) atoms. The molecule has 0 unspecified atom stereocenters. The first kappa shape index (κ1) is 19.0. The smallest absolute Gasteiger partial charge is 0.409 e. The molecule has 0 atom stereocenters. The number of hydrogen-bond acceptors (Lipinski definition) is 3. The van der Waals surface area contributed by atoms with Crippen LogP contribution in [0.3, 0.4) is 0 Å². The summed E-state index contributed by atoms with van der Waals surface area (Å²) in [6.07, 6.45) is 4.56. The lowest BCUT2D eigenvalue weighted by Gasteiger charge is -2.36. The zero-order valence-electron chi connectivity index (χ0n) is 15.1. The molecule has 2 fully saturated rings. The van der Waals surface area contributed by atoms with Gasteiger partial charge in [0.15, 0.2) is 0 Å². The minimum Gasteiger partial charge on any atom is -0.449 e. The Bertz CT molecular complexity index is 428. The van der Waals surface area contributed by atoms with Crippen LogP contribution in [0.5, 0.6) is 0 Å². The van der Waals surface area contributed by atoms with Gasteiger partial charge in [-0.1, -0.05) is 6.92 Å². The van der Waals surface area contributed by atoms with Crippen molar-refractivity contribution >= 4 is 12.0 Å². The van der Waals surface area contributed by atoms with Gasteiger partial charge < -0.3 is 14.5 Å². The maximum absolute atomic E-state index is 14.7. The molecule has 2 amide bonds. The van der Waals surface area contributed by atoms with Gasteiger partial charge in [0.2, 0.25) is 5.91 Å². The van der Waals surface area contributed by atoms with E-state index in [1.54, 1.807) is 9.80 Å². The van der Waals surface area contributed by atoms with Crippen molar-refractivity contribution in [3.8, 4) is 0 Å². The standard InChI is InChI=1S/C18H31FN2O3/c1-15-5-10-21(11-6-15)17(23)24-14-4-3-7-18(19)8-12-20(13-9-18)16(2)22/h15H,3-14H2,1-2H3. The Kier molecular flexibility index (Phi) is 6.87. The molecule has 0 spiro atoms. The maximum Gasteiger partial charge on any atom is 0.409 e. The van der Waals surface area contributed by atoms with Crippen LogP contribution in [0.2, 0.25) is 0 Å². The number of hydrogen-bond donors (Lipinski definition) is 0. The molecule has 2 saturated heterocycles. The van der Waals surface area contributed by atoms with Crippen LogP contribution in [-0.4, -0.2) is 60.3 Å². The second kappa shape index (κ2) is 8.67. The van der Waals surface area contributed by atoms with Crippen molar-refractivity contribution in [3.63, 3.8) is 0 Å². The normalized spacial score (nSPS) is 21.6. The highest BCUT2D eigenvalue weighted by atomic mass is 19.1. The van der Waals surface area contributed by atoms with Gasteiger partial charge in [-0.25, -0.2) is 9.18 Å². The molecule has 6 heteroatoms. The number of halogens is 1. The molecule has 5 nitrogen and oxygen atoms in total. The Morgan fingerprint density at radius 3 is 2.29 bits per heavy atom. The number of rotatable bonds is 5. The molecular weight excluding hydrogens is 311 g/mol. The molecule has 0 aromatic rings. The molecule has 2 aliphatic rings. The van der Waals surface area contributed by atoms with E-state index in [1.165, 1.54) is 6.92 Å². The van der Waals surface area contributed by atoms with E-state index in [0.717, 1.165) is 25.9 Å². The predicted octanol–water partition coefficient (Wildman–Crippen LogP) is 3.38. The summed E-state index contributed by atoms with van der Waals surface area (Å²) in [6, 6.07) is 0. The summed E-state index contributed by atoms with van der Waals surface area (Å²) in [5, 5.41) is 0. The number of alkyl halides is 1. The summed E-state index contributed by atoms with van der Waals surface area (Å²) in [5.41, 5.74) is -1.17. The number of ether oxygens (including phenoxy) is 1. The third kappa shape index (κ3) is 5.64. The van der Waals surface area contributed by atoms with E-state index < -0.39 is 5.67 Å². The topological polar surface area (TPSA) is 49.9 Å². The van der Waals surface area contributed by atoms with E-state index >= 15 is 0 Å². The first-order chi connectivity index (χ1) is 11.4. The van der Waals surface area contributed by atoms with Crippen molar-refractivity contribution in [1.29, 1.82) is 0 Å². The van der Waals surface area contributed by atoms with Crippen molar-refractivity contribution < 1.29 is 18.7 Å². The van der Waals surface area contributed by atoms with Crippen LogP contribution >= 0.6 is 0 Å². The minimum atomic E-state index is -1.17. The van der Waals surface area contributed by atoms with Crippen molar-refractivity contribution in [2.24, 2.45) is 5.92 Å². The highest BCUT2D eigenvalue weighted by Crippen LogP contribution is 2.31. The number of unbranched alkanes of at least 4 members (excludes halogenated alkanes) is 1. The van der Waals surface area contributed by atoms with Gasteiger partial charge in [-0.15, -0.1) is 0 Å². The largest absolute Gasteiger partial charge is 0.449 e. The second-order valence-corrected chi connectivity index (χ2v) is 7.40. The Labute approximate surface area is 144 Å². The average Bonchev–Trinajstić information content (AvgIpc) is 2.55. The Morgan fingerprint density at radius 1 is 1.08 bits per heavy atom. The van der Waals surface area contributed by atoms with Crippen LogP contribution in [0.4, 0.5) is 9.18 Å². The number of carbonyl (C=O) groups is 2. The van der Waals surface area contributed by atoms with Crippen LogP contribution < -0.4 is 0 Å². The maximum atomic E-state index is 14.7. The van der Waals surface area contributed by atoms with E-state index in [2.05, 4.69) is 6.92 Å². The summed E-state index contributed by atoms with van der Waals surface area (Å²) >= 11 is 0. The highest BCUT2D eigenvalue weighted by molar-refractivity contribution is 5.73. The van der Waals surface area contributed by atoms with Gasteiger partial charge in [-0.05, 0) is 50.9 Å². The van der Waals surface area contributed by atoms with Crippen molar-refractivity contribution in [3.05, 3.63) is 0 Å². The fraction of sp³-hybridized carbons (Fsp3) is 0.889. The zero-order valence-corrected chi connectivity index (χ0v) is 15.1. The molecular formula is C18H31FN2O3. The second-order valence-electron chi connectivity index (χ2n) is 7.40. The van der Waals surface area contributed by atoms with E-state index in [9.17, 15) is 14.0 Å². The van der Waals surface area contributed by atoms with Crippen molar-refractivity contribution in [1.82, 2.24) is 9.80 Å². The Morgan fingerprint density at radius 2 is 1.71 bits per heavy atom. The van der Waals surface area contributed by atoms with Gasteiger partial charge in [-0.2, -0.15) is 0 Å². The quantitative estimate of drug-likeness (QED) is 0.720. The molecule has 0 aromatic carbocycles. The monoisotopic (exact) mass is 342 g/mol. The average molecular weight is 342 g/mol. The lowest BCUT2D eigenvalue weighted by atomic mass is 9.88. The molecule has 2 heterocycles. The summed E-state index contributed by atoms with van der Waals surface area (Å²) in [6.45, 7) is 6.67.